The van der Waals surface area contributed by atoms with Gasteiger partial charge in [-0.25, -0.2) is 4.79 Å². The van der Waals surface area contributed by atoms with Gasteiger partial charge in [-0.05, 0) is 34.6 Å². The molecular formula is C11H14INO3S. The van der Waals surface area contributed by atoms with Crippen LogP contribution >= 0.6 is 33.9 Å². The van der Waals surface area contributed by atoms with Gasteiger partial charge in [0.05, 0.1) is 8.45 Å². The number of halogens is 1. The third-order valence-electron chi connectivity index (χ3n) is 2.60. The highest BCUT2D eigenvalue weighted by Gasteiger charge is 2.25. The van der Waals surface area contributed by atoms with E-state index in [-0.39, 0.29) is 11.8 Å². The van der Waals surface area contributed by atoms with Crippen LogP contribution in [0.1, 0.15) is 30.6 Å². The fourth-order valence-corrected chi connectivity index (χ4v) is 2.66. The maximum absolute atomic E-state index is 11.8. The van der Waals surface area contributed by atoms with Crippen LogP contribution in [-0.4, -0.2) is 23.0 Å². The Balaban J connectivity index is 2.74. The molecule has 4 nitrogen and oxygen atoms in total. The Labute approximate surface area is 118 Å². The van der Waals surface area contributed by atoms with Crippen molar-refractivity contribution < 1.29 is 14.7 Å². The molecule has 0 bridgehead atoms. The monoisotopic (exact) mass is 367 g/mol. The van der Waals surface area contributed by atoms with E-state index in [2.05, 4.69) is 27.9 Å². The first-order chi connectivity index (χ1) is 7.95. The molecule has 1 aromatic rings. The van der Waals surface area contributed by atoms with Crippen molar-refractivity contribution in [3.05, 3.63) is 19.9 Å². The molecule has 2 N–H and O–H groups in total. The van der Waals surface area contributed by atoms with E-state index in [1.54, 1.807) is 11.4 Å². The number of nitrogens with one attached hydrogen (secondary N) is 1. The van der Waals surface area contributed by atoms with Crippen LogP contribution in [0.2, 0.25) is 0 Å². The van der Waals surface area contributed by atoms with Gasteiger partial charge in [0.15, 0.2) is 0 Å². The van der Waals surface area contributed by atoms with Gasteiger partial charge in [-0.2, -0.15) is 0 Å². The Hall–Kier alpha value is -0.630. The molecule has 0 aliphatic heterocycles. The molecule has 0 spiro atoms. The maximum atomic E-state index is 11.8. The van der Waals surface area contributed by atoms with Gasteiger partial charge in [0.25, 0.3) is 5.91 Å². The Morgan fingerprint density at radius 3 is 2.65 bits per heavy atom. The van der Waals surface area contributed by atoms with E-state index in [9.17, 15) is 9.59 Å². The number of hydrogen-bond acceptors (Lipinski definition) is 3. The summed E-state index contributed by atoms with van der Waals surface area (Å²) in [6.45, 7) is 3.72. The number of rotatable bonds is 5. The molecule has 0 unspecified atom stereocenters. The average molecular weight is 367 g/mol. The molecule has 17 heavy (non-hydrogen) atoms. The zero-order valence-electron chi connectivity index (χ0n) is 9.57. The van der Waals surface area contributed by atoms with Gasteiger partial charge in [-0.1, -0.05) is 20.3 Å². The predicted octanol–water partition coefficient (Wildman–Crippen LogP) is 2.58. The molecule has 0 saturated carbocycles. The second-order valence-electron chi connectivity index (χ2n) is 3.81. The molecular weight excluding hydrogens is 353 g/mol. The van der Waals surface area contributed by atoms with Crippen LogP contribution in [0, 0.1) is 8.80 Å². The summed E-state index contributed by atoms with van der Waals surface area (Å²) in [6.07, 6.45) is 0.707. The standard InChI is InChI=1S/C11H14INO3S/c1-3-6(2)9(11(15)16)13-10(14)7-4-8(12)17-5-7/h4-6,9H,3H2,1-2H3,(H,13,14)(H,15,16)/t6-,9-/m0/s1. The van der Waals surface area contributed by atoms with Gasteiger partial charge in [0, 0.05) is 5.38 Å². The number of carboxylic acids is 1. The van der Waals surface area contributed by atoms with Crippen LogP contribution in [0.4, 0.5) is 0 Å². The van der Waals surface area contributed by atoms with Crippen LogP contribution in [0.3, 0.4) is 0 Å². The van der Waals surface area contributed by atoms with E-state index in [0.717, 1.165) is 2.88 Å². The number of aliphatic carboxylic acids is 1. The quantitative estimate of drug-likeness (QED) is 0.787. The highest BCUT2D eigenvalue weighted by atomic mass is 127. The molecule has 2 atom stereocenters. The molecule has 1 rings (SSSR count). The topological polar surface area (TPSA) is 66.4 Å². The van der Waals surface area contributed by atoms with Gasteiger partial charge < -0.3 is 10.4 Å². The van der Waals surface area contributed by atoms with Gasteiger partial charge in [0.1, 0.15) is 6.04 Å². The zero-order valence-corrected chi connectivity index (χ0v) is 12.5. The van der Waals surface area contributed by atoms with Gasteiger partial charge in [0.2, 0.25) is 0 Å². The summed E-state index contributed by atoms with van der Waals surface area (Å²) in [5, 5.41) is 13.4. The molecule has 1 aromatic heterocycles. The lowest BCUT2D eigenvalue weighted by molar-refractivity contribution is -0.140. The summed E-state index contributed by atoms with van der Waals surface area (Å²) in [5.41, 5.74) is 0.522. The number of hydrogen-bond donors (Lipinski definition) is 2. The normalized spacial score (nSPS) is 14.1. The van der Waals surface area contributed by atoms with Crippen LogP contribution in [0.15, 0.2) is 11.4 Å². The number of carboxylic acid groups (broad SMARTS) is 1. The summed E-state index contributed by atoms with van der Waals surface area (Å²) in [5.74, 6) is -1.40. The first-order valence-corrected chi connectivity index (χ1v) is 7.19. The van der Waals surface area contributed by atoms with E-state index in [1.165, 1.54) is 11.3 Å². The van der Waals surface area contributed by atoms with Crippen molar-refractivity contribution in [2.24, 2.45) is 5.92 Å². The first-order valence-electron chi connectivity index (χ1n) is 5.23. The SMILES string of the molecule is CC[C@H](C)[C@H](NC(=O)c1csc(I)c1)C(=O)O. The molecule has 0 aliphatic carbocycles. The van der Waals surface area contributed by atoms with Gasteiger partial charge in [-0.15, -0.1) is 11.3 Å². The predicted molar refractivity (Wildman–Crippen MR) is 75.4 cm³/mol. The summed E-state index contributed by atoms with van der Waals surface area (Å²) >= 11 is 3.58. The third kappa shape index (κ3) is 3.95. The molecule has 0 fully saturated rings. The number of thiophene rings is 1. The van der Waals surface area contributed by atoms with Crippen molar-refractivity contribution in [2.75, 3.05) is 0 Å². The Morgan fingerprint density at radius 1 is 1.59 bits per heavy atom. The van der Waals surface area contributed by atoms with Crippen molar-refractivity contribution in [1.29, 1.82) is 0 Å². The van der Waals surface area contributed by atoms with E-state index < -0.39 is 12.0 Å². The highest BCUT2D eigenvalue weighted by Crippen LogP contribution is 2.17. The van der Waals surface area contributed by atoms with Gasteiger partial charge >= 0.3 is 5.97 Å². The molecule has 0 aliphatic rings. The second kappa shape index (κ2) is 6.34. The van der Waals surface area contributed by atoms with Crippen molar-refractivity contribution in [2.45, 2.75) is 26.3 Å². The second-order valence-corrected chi connectivity index (χ2v) is 6.62. The molecule has 1 heterocycles. The lowest BCUT2D eigenvalue weighted by Gasteiger charge is -2.19. The molecule has 94 valence electrons. The highest BCUT2D eigenvalue weighted by molar-refractivity contribution is 14.1. The summed E-state index contributed by atoms with van der Waals surface area (Å²) in [7, 11) is 0. The van der Waals surface area contributed by atoms with E-state index >= 15 is 0 Å². The van der Waals surface area contributed by atoms with Crippen LogP contribution < -0.4 is 5.32 Å². The van der Waals surface area contributed by atoms with Crippen molar-refractivity contribution in [3.63, 3.8) is 0 Å². The summed E-state index contributed by atoms with van der Waals surface area (Å²) in [6, 6.07) is 0.917. The van der Waals surface area contributed by atoms with E-state index in [4.69, 9.17) is 5.11 Å². The minimum Gasteiger partial charge on any atom is -0.480 e. The summed E-state index contributed by atoms with van der Waals surface area (Å²) < 4.78 is 1.00. The Morgan fingerprint density at radius 2 is 2.24 bits per heavy atom. The lowest BCUT2D eigenvalue weighted by atomic mass is 9.99. The number of carbonyl (C=O) groups is 2. The van der Waals surface area contributed by atoms with Crippen molar-refractivity contribution >= 4 is 45.8 Å². The lowest BCUT2D eigenvalue weighted by Crippen LogP contribution is -2.44. The molecule has 0 radical (unpaired) electrons. The van der Waals surface area contributed by atoms with Crippen LogP contribution in [0.25, 0.3) is 0 Å². The molecule has 0 aromatic carbocycles. The molecule has 6 heteroatoms. The van der Waals surface area contributed by atoms with Crippen LogP contribution in [0.5, 0.6) is 0 Å². The number of amides is 1. The maximum Gasteiger partial charge on any atom is 0.326 e. The average Bonchev–Trinajstić information content (AvgIpc) is 2.71. The van der Waals surface area contributed by atoms with Gasteiger partial charge in [-0.3, -0.25) is 4.79 Å². The molecule has 0 saturated heterocycles. The fourth-order valence-electron chi connectivity index (χ4n) is 1.34. The van der Waals surface area contributed by atoms with Crippen LogP contribution in [-0.2, 0) is 4.79 Å². The molecule has 1 amide bonds. The largest absolute Gasteiger partial charge is 0.480 e. The van der Waals surface area contributed by atoms with E-state index in [1.807, 2.05) is 13.8 Å². The zero-order chi connectivity index (χ0) is 13.0. The summed E-state index contributed by atoms with van der Waals surface area (Å²) in [4.78, 5) is 22.9. The van der Waals surface area contributed by atoms with Crippen molar-refractivity contribution in [1.82, 2.24) is 5.32 Å². The van der Waals surface area contributed by atoms with Crippen molar-refractivity contribution in [3.8, 4) is 0 Å². The first kappa shape index (κ1) is 14.4. The minimum absolute atomic E-state index is 0.0887. The fraction of sp³-hybridized carbons (Fsp3) is 0.455. The Kier molecular flexibility index (Phi) is 5.38. The number of carbonyl (C=O) groups excluding carboxylic acids is 1. The minimum atomic E-state index is -0.988. The smallest absolute Gasteiger partial charge is 0.326 e. The Bertz CT molecular complexity index is 419. The third-order valence-corrected chi connectivity index (χ3v) is 4.38. The van der Waals surface area contributed by atoms with E-state index in [0.29, 0.717) is 12.0 Å².